The van der Waals surface area contributed by atoms with E-state index in [1.807, 2.05) is 4.68 Å². The zero-order valence-corrected chi connectivity index (χ0v) is 20.5. The van der Waals surface area contributed by atoms with Crippen LogP contribution in [0.25, 0.3) is 0 Å². The van der Waals surface area contributed by atoms with Crippen LogP contribution in [0.3, 0.4) is 0 Å². The number of aliphatic hydroxyl groups is 1. The number of nitrogens with zero attached hydrogens (tertiary/aromatic N) is 4. The first kappa shape index (κ1) is 25.6. The van der Waals surface area contributed by atoms with E-state index in [2.05, 4.69) is 5.10 Å². The van der Waals surface area contributed by atoms with Crippen LogP contribution < -0.4 is 0 Å². The van der Waals surface area contributed by atoms with Crippen LogP contribution in [0.15, 0.2) is 30.5 Å². The number of hydrogen-bond acceptors (Lipinski definition) is 5. The smallest absolute Gasteiger partial charge is 0.416 e. The van der Waals surface area contributed by atoms with Gasteiger partial charge in [0.2, 0.25) is 0 Å². The molecule has 2 amide bonds. The van der Waals surface area contributed by atoms with Gasteiger partial charge in [0.05, 0.1) is 41.7 Å². The van der Waals surface area contributed by atoms with Gasteiger partial charge in [-0.2, -0.15) is 18.3 Å². The van der Waals surface area contributed by atoms with E-state index in [1.165, 1.54) is 12.1 Å². The zero-order valence-electron chi connectivity index (χ0n) is 20.5. The molecule has 1 saturated carbocycles. The molecule has 3 heterocycles. The fraction of sp³-hybridized carbons (Fsp3) is 0.577. The molecule has 37 heavy (non-hydrogen) atoms. The summed E-state index contributed by atoms with van der Waals surface area (Å²) >= 11 is 0. The van der Waals surface area contributed by atoms with Crippen molar-refractivity contribution in [1.29, 1.82) is 0 Å². The molecule has 3 fully saturated rings. The monoisotopic (exact) mass is 520 g/mol. The predicted molar refractivity (Wildman–Crippen MR) is 127 cm³/mol. The minimum absolute atomic E-state index is 0.0133. The van der Waals surface area contributed by atoms with Crippen molar-refractivity contribution in [2.45, 2.75) is 62.7 Å². The number of benzene rings is 1. The normalized spacial score (nSPS) is 20.9. The van der Waals surface area contributed by atoms with E-state index in [0.29, 0.717) is 50.9 Å². The van der Waals surface area contributed by atoms with Crippen molar-refractivity contribution >= 4 is 12.0 Å². The zero-order chi connectivity index (χ0) is 26.2. The summed E-state index contributed by atoms with van der Waals surface area (Å²) in [6.45, 7) is 1.09. The number of ether oxygens (including phenoxy) is 1. The van der Waals surface area contributed by atoms with Crippen molar-refractivity contribution in [2.24, 2.45) is 0 Å². The maximum Gasteiger partial charge on any atom is 0.416 e. The molecule has 1 atom stereocenters. The lowest BCUT2D eigenvalue weighted by atomic mass is 9.97. The molecule has 11 heteroatoms. The summed E-state index contributed by atoms with van der Waals surface area (Å²) in [5, 5.41) is 13.4. The molecule has 1 aromatic carbocycles. The van der Waals surface area contributed by atoms with Crippen molar-refractivity contribution in [3.8, 4) is 0 Å². The Hall–Kier alpha value is -3.08. The summed E-state index contributed by atoms with van der Waals surface area (Å²) in [6.07, 6.45) is 0.933. The Balaban J connectivity index is 1.36. The van der Waals surface area contributed by atoms with Gasteiger partial charge in [-0.25, -0.2) is 4.79 Å². The second-order valence-electron chi connectivity index (χ2n) is 9.96. The highest BCUT2D eigenvalue weighted by Gasteiger charge is 2.42. The van der Waals surface area contributed by atoms with Gasteiger partial charge in [0.15, 0.2) is 0 Å². The molecular formula is C26H31F3N4O4. The standard InChI is InChI=1S/C26H31F3N4O4/c27-26(28,29)21-5-2-1-4-19(21)22-6-3-11-32(22)24(35)20-16-30-33(23(20)17-7-8-17)18-9-12-31(13-10-18)25(36)37-15-14-34/h1-2,4-5,16-18,22,34H,3,6-15H2. The minimum atomic E-state index is -4.49. The molecule has 2 saturated heterocycles. The van der Waals surface area contributed by atoms with Crippen molar-refractivity contribution in [3.05, 3.63) is 52.8 Å². The van der Waals surface area contributed by atoms with E-state index in [9.17, 15) is 22.8 Å². The molecule has 1 aromatic heterocycles. The average molecular weight is 521 g/mol. The Kier molecular flexibility index (Phi) is 7.15. The first-order chi connectivity index (χ1) is 17.8. The molecule has 3 aliphatic rings. The third-order valence-corrected chi connectivity index (χ3v) is 7.55. The van der Waals surface area contributed by atoms with Gasteiger partial charge in [-0.1, -0.05) is 18.2 Å². The highest BCUT2D eigenvalue weighted by atomic mass is 19.4. The van der Waals surface area contributed by atoms with Gasteiger partial charge in [0, 0.05) is 25.6 Å². The molecule has 8 nitrogen and oxygen atoms in total. The summed E-state index contributed by atoms with van der Waals surface area (Å²) in [7, 11) is 0. The van der Waals surface area contributed by atoms with Gasteiger partial charge in [-0.3, -0.25) is 9.48 Å². The summed E-state index contributed by atoms with van der Waals surface area (Å²) < 4.78 is 48.1. The van der Waals surface area contributed by atoms with E-state index < -0.39 is 23.9 Å². The quantitative estimate of drug-likeness (QED) is 0.605. The molecule has 0 bridgehead atoms. The third kappa shape index (κ3) is 5.18. The number of hydrogen-bond donors (Lipinski definition) is 1. The number of aliphatic hydroxyl groups excluding tert-OH is 1. The SMILES string of the molecule is O=C(OCCO)N1CCC(n2ncc(C(=O)N3CCCC3c3ccccc3C(F)(F)F)c2C2CC2)CC1. The number of amides is 2. The molecule has 200 valence electrons. The van der Waals surface area contributed by atoms with Crippen LogP contribution in [0.2, 0.25) is 0 Å². The van der Waals surface area contributed by atoms with Gasteiger partial charge in [-0.15, -0.1) is 0 Å². The van der Waals surface area contributed by atoms with Crippen LogP contribution in [-0.4, -0.2) is 69.5 Å². The number of rotatable bonds is 6. The van der Waals surface area contributed by atoms with Crippen LogP contribution in [-0.2, 0) is 10.9 Å². The fourth-order valence-corrected chi connectivity index (χ4v) is 5.64. The molecule has 1 unspecified atom stereocenters. The Labute approximate surface area is 213 Å². The molecule has 5 rings (SSSR count). The number of carbonyl (C=O) groups is 2. The van der Waals surface area contributed by atoms with Gasteiger partial charge in [0.25, 0.3) is 5.91 Å². The Bertz CT molecular complexity index is 1140. The minimum Gasteiger partial charge on any atom is -0.447 e. The van der Waals surface area contributed by atoms with E-state index in [-0.39, 0.29) is 36.6 Å². The summed E-state index contributed by atoms with van der Waals surface area (Å²) in [4.78, 5) is 29.1. The second kappa shape index (κ2) is 10.4. The summed E-state index contributed by atoms with van der Waals surface area (Å²) in [5.41, 5.74) is 0.786. The van der Waals surface area contributed by atoms with Crippen LogP contribution in [0.1, 0.15) is 83.7 Å². The van der Waals surface area contributed by atoms with E-state index >= 15 is 0 Å². The largest absolute Gasteiger partial charge is 0.447 e. The first-order valence-corrected chi connectivity index (χ1v) is 12.9. The van der Waals surface area contributed by atoms with E-state index in [0.717, 1.165) is 24.6 Å². The van der Waals surface area contributed by atoms with Crippen LogP contribution in [0, 0.1) is 0 Å². The molecule has 2 aliphatic heterocycles. The number of alkyl halides is 3. The summed E-state index contributed by atoms with van der Waals surface area (Å²) in [5.74, 6) is -0.0600. The average Bonchev–Trinajstić information content (AvgIpc) is 3.44. The fourth-order valence-electron chi connectivity index (χ4n) is 5.64. The first-order valence-electron chi connectivity index (χ1n) is 12.9. The highest BCUT2D eigenvalue weighted by Crippen LogP contribution is 2.45. The van der Waals surface area contributed by atoms with Crippen molar-refractivity contribution in [3.63, 3.8) is 0 Å². The van der Waals surface area contributed by atoms with E-state index in [1.54, 1.807) is 22.1 Å². The van der Waals surface area contributed by atoms with E-state index in [4.69, 9.17) is 9.84 Å². The number of halogens is 3. The van der Waals surface area contributed by atoms with Crippen LogP contribution in [0.4, 0.5) is 18.0 Å². The van der Waals surface area contributed by atoms with Crippen LogP contribution in [0.5, 0.6) is 0 Å². The molecular weight excluding hydrogens is 489 g/mol. The maximum atomic E-state index is 13.8. The third-order valence-electron chi connectivity index (χ3n) is 7.55. The predicted octanol–water partition coefficient (Wildman–Crippen LogP) is 4.52. The lowest BCUT2D eigenvalue weighted by Gasteiger charge is -2.32. The number of piperidine rings is 1. The lowest BCUT2D eigenvalue weighted by Crippen LogP contribution is -2.40. The topological polar surface area (TPSA) is 87.9 Å². The molecule has 0 spiro atoms. The molecule has 2 aromatic rings. The van der Waals surface area contributed by atoms with Gasteiger partial charge >= 0.3 is 12.3 Å². The number of likely N-dealkylation sites (tertiary alicyclic amines) is 2. The van der Waals surface area contributed by atoms with Gasteiger partial charge < -0.3 is 19.6 Å². The molecule has 1 N–H and O–H groups in total. The van der Waals surface area contributed by atoms with Crippen molar-refractivity contribution in [2.75, 3.05) is 32.8 Å². The van der Waals surface area contributed by atoms with Crippen molar-refractivity contribution in [1.82, 2.24) is 19.6 Å². The van der Waals surface area contributed by atoms with Crippen LogP contribution >= 0.6 is 0 Å². The Morgan fingerprint density at radius 3 is 2.46 bits per heavy atom. The van der Waals surface area contributed by atoms with Crippen molar-refractivity contribution < 1.29 is 32.6 Å². The van der Waals surface area contributed by atoms with Gasteiger partial charge in [-0.05, 0) is 50.2 Å². The molecule has 1 aliphatic carbocycles. The Morgan fingerprint density at radius 2 is 1.78 bits per heavy atom. The second-order valence-corrected chi connectivity index (χ2v) is 9.96. The lowest BCUT2D eigenvalue weighted by molar-refractivity contribution is -0.138. The van der Waals surface area contributed by atoms with Gasteiger partial charge in [0.1, 0.15) is 6.61 Å². The molecule has 0 radical (unpaired) electrons. The number of carbonyl (C=O) groups excluding carboxylic acids is 2. The number of aromatic nitrogens is 2. The maximum absolute atomic E-state index is 13.8. The summed E-state index contributed by atoms with van der Waals surface area (Å²) in [6, 6.07) is 4.90. The highest BCUT2D eigenvalue weighted by molar-refractivity contribution is 5.96. The Morgan fingerprint density at radius 1 is 1.05 bits per heavy atom.